The molecular formula is C19H12F3N5O. The van der Waals surface area contributed by atoms with Gasteiger partial charge in [-0.05, 0) is 42.5 Å². The second kappa shape index (κ2) is 7.75. The number of halogens is 3. The average Bonchev–Trinajstić information content (AvgIpc) is 2.68. The summed E-state index contributed by atoms with van der Waals surface area (Å²) in [7, 11) is 0. The first-order chi connectivity index (χ1) is 13.3. The molecule has 0 aliphatic heterocycles. The molecule has 1 amide bonds. The van der Waals surface area contributed by atoms with E-state index in [1.165, 1.54) is 30.6 Å². The highest BCUT2D eigenvalue weighted by Crippen LogP contribution is 2.30. The predicted molar refractivity (Wildman–Crippen MR) is 95.9 cm³/mol. The predicted octanol–water partition coefficient (Wildman–Crippen LogP) is 4.36. The molecule has 0 spiro atoms. The number of alkyl halides is 3. The summed E-state index contributed by atoms with van der Waals surface area (Å²) in [6.45, 7) is 0. The van der Waals surface area contributed by atoms with E-state index in [0.29, 0.717) is 16.9 Å². The summed E-state index contributed by atoms with van der Waals surface area (Å²) in [5, 5.41) is 14.3. The number of amides is 1. The van der Waals surface area contributed by atoms with Crippen molar-refractivity contribution >= 4 is 23.1 Å². The van der Waals surface area contributed by atoms with Crippen molar-refractivity contribution in [3.05, 3.63) is 77.7 Å². The lowest BCUT2D eigenvalue weighted by Crippen LogP contribution is -2.14. The Morgan fingerprint density at radius 3 is 2.36 bits per heavy atom. The van der Waals surface area contributed by atoms with Crippen molar-refractivity contribution in [2.75, 3.05) is 10.6 Å². The Morgan fingerprint density at radius 2 is 1.75 bits per heavy atom. The number of nitrogens with one attached hydrogen (secondary N) is 2. The van der Waals surface area contributed by atoms with Gasteiger partial charge in [0.2, 0.25) is 0 Å². The molecule has 28 heavy (non-hydrogen) atoms. The van der Waals surface area contributed by atoms with Gasteiger partial charge in [0.05, 0.1) is 29.6 Å². The third kappa shape index (κ3) is 4.62. The van der Waals surface area contributed by atoms with Crippen LogP contribution in [0.5, 0.6) is 0 Å². The zero-order chi connectivity index (χ0) is 20.1. The van der Waals surface area contributed by atoms with Crippen LogP contribution in [0.4, 0.5) is 30.4 Å². The number of benzene rings is 2. The van der Waals surface area contributed by atoms with Gasteiger partial charge in [-0.3, -0.25) is 4.79 Å². The minimum atomic E-state index is -4.40. The summed E-state index contributed by atoms with van der Waals surface area (Å²) in [4.78, 5) is 20.2. The summed E-state index contributed by atoms with van der Waals surface area (Å²) in [6, 6.07) is 12.8. The number of hydrogen-bond donors (Lipinski definition) is 2. The Balaban J connectivity index is 1.66. The molecule has 0 saturated heterocycles. The largest absolute Gasteiger partial charge is 0.416 e. The Bertz CT molecular complexity index is 1030. The SMILES string of the molecule is N#Cc1cccc(NC(=O)c2cnc(Nc3ccc(C(F)(F)F)cc3)cn2)c1. The normalized spacial score (nSPS) is 10.8. The fraction of sp³-hybridized carbons (Fsp3) is 0.0526. The Kier molecular flexibility index (Phi) is 5.22. The number of rotatable bonds is 4. The van der Waals surface area contributed by atoms with Gasteiger partial charge in [0, 0.05) is 11.4 Å². The summed E-state index contributed by atoms with van der Waals surface area (Å²) in [5.74, 6) is -0.244. The van der Waals surface area contributed by atoms with Crippen LogP contribution >= 0.6 is 0 Å². The lowest BCUT2D eigenvalue weighted by molar-refractivity contribution is -0.137. The minimum absolute atomic E-state index is 0.0420. The molecule has 0 aliphatic rings. The third-order valence-electron chi connectivity index (χ3n) is 3.62. The number of carbonyl (C=O) groups is 1. The first-order valence-corrected chi connectivity index (χ1v) is 7.93. The summed E-state index contributed by atoms with van der Waals surface area (Å²) in [5.41, 5.74) is 0.530. The average molecular weight is 383 g/mol. The molecular weight excluding hydrogens is 371 g/mol. The Hall–Kier alpha value is -3.93. The highest BCUT2D eigenvalue weighted by molar-refractivity contribution is 6.02. The second-order valence-electron chi connectivity index (χ2n) is 5.63. The topological polar surface area (TPSA) is 90.7 Å². The van der Waals surface area contributed by atoms with Crippen LogP contribution in [0.15, 0.2) is 60.9 Å². The summed E-state index contributed by atoms with van der Waals surface area (Å²) < 4.78 is 37.7. The molecule has 0 atom stereocenters. The second-order valence-corrected chi connectivity index (χ2v) is 5.63. The van der Waals surface area contributed by atoms with Crippen molar-refractivity contribution in [2.24, 2.45) is 0 Å². The molecule has 6 nitrogen and oxygen atoms in total. The Morgan fingerprint density at radius 1 is 1.00 bits per heavy atom. The molecule has 2 N–H and O–H groups in total. The standard InChI is InChI=1S/C19H12F3N5O/c20-19(21,22)13-4-6-14(7-5-13)26-17-11-24-16(10-25-17)18(28)27-15-3-1-2-12(8-15)9-23/h1-8,10-11H,(H,25,26)(H,27,28). The maximum atomic E-state index is 12.6. The van der Waals surface area contributed by atoms with Gasteiger partial charge in [-0.2, -0.15) is 18.4 Å². The fourth-order valence-electron chi connectivity index (χ4n) is 2.26. The van der Waals surface area contributed by atoms with Crippen LogP contribution in [0, 0.1) is 11.3 Å². The zero-order valence-electron chi connectivity index (χ0n) is 14.2. The number of hydrogen-bond acceptors (Lipinski definition) is 5. The van der Waals surface area contributed by atoms with Gasteiger partial charge in [0.25, 0.3) is 5.91 Å². The first kappa shape index (κ1) is 18.8. The van der Waals surface area contributed by atoms with E-state index in [2.05, 4.69) is 20.6 Å². The van der Waals surface area contributed by atoms with Crippen molar-refractivity contribution in [1.29, 1.82) is 5.26 Å². The highest BCUT2D eigenvalue weighted by atomic mass is 19.4. The smallest absolute Gasteiger partial charge is 0.339 e. The van der Waals surface area contributed by atoms with Crippen molar-refractivity contribution in [3.8, 4) is 6.07 Å². The van der Waals surface area contributed by atoms with Crippen LogP contribution in [0.1, 0.15) is 21.6 Å². The molecule has 0 aliphatic carbocycles. The van der Waals surface area contributed by atoms with Crippen LogP contribution in [0.3, 0.4) is 0 Å². The van der Waals surface area contributed by atoms with E-state index < -0.39 is 17.6 Å². The van der Waals surface area contributed by atoms with Crippen LogP contribution in [0.2, 0.25) is 0 Å². The number of anilines is 3. The van der Waals surface area contributed by atoms with Gasteiger partial charge in [-0.25, -0.2) is 9.97 Å². The molecule has 0 unspecified atom stereocenters. The number of nitriles is 1. The van der Waals surface area contributed by atoms with E-state index >= 15 is 0 Å². The molecule has 0 fully saturated rings. The summed E-state index contributed by atoms with van der Waals surface area (Å²) >= 11 is 0. The van der Waals surface area contributed by atoms with Crippen LogP contribution in [0.25, 0.3) is 0 Å². The van der Waals surface area contributed by atoms with Crippen molar-refractivity contribution < 1.29 is 18.0 Å². The summed E-state index contributed by atoms with van der Waals surface area (Å²) in [6.07, 6.45) is -1.88. The third-order valence-corrected chi connectivity index (χ3v) is 3.62. The number of carbonyl (C=O) groups excluding carboxylic acids is 1. The van der Waals surface area contributed by atoms with Crippen molar-refractivity contribution in [1.82, 2.24) is 9.97 Å². The minimum Gasteiger partial charge on any atom is -0.339 e. The lowest BCUT2D eigenvalue weighted by atomic mass is 10.2. The van der Waals surface area contributed by atoms with E-state index in [-0.39, 0.29) is 11.5 Å². The van der Waals surface area contributed by atoms with E-state index in [9.17, 15) is 18.0 Å². The molecule has 2 aromatic carbocycles. The van der Waals surface area contributed by atoms with E-state index in [1.807, 2.05) is 6.07 Å². The molecule has 3 aromatic rings. The molecule has 140 valence electrons. The molecule has 1 heterocycles. The van der Waals surface area contributed by atoms with Gasteiger partial charge in [0.1, 0.15) is 11.5 Å². The molecule has 0 bridgehead atoms. The zero-order valence-corrected chi connectivity index (χ0v) is 14.2. The van der Waals surface area contributed by atoms with Crippen molar-refractivity contribution in [2.45, 2.75) is 6.18 Å². The Labute approximate surface area is 157 Å². The van der Waals surface area contributed by atoms with Gasteiger partial charge >= 0.3 is 6.18 Å². The van der Waals surface area contributed by atoms with E-state index in [1.54, 1.807) is 18.2 Å². The molecule has 3 rings (SSSR count). The maximum absolute atomic E-state index is 12.6. The fourth-order valence-corrected chi connectivity index (χ4v) is 2.26. The van der Waals surface area contributed by atoms with Crippen LogP contribution in [-0.4, -0.2) is 15.9 Å². The van der Waals surface area contributed by atoms with Gasteiger partial charge in [0.15, 0.2) is 0 Å². The molecule has 1 aromatic heterocycles. The van der Waals surface area contributed by atoms with Crippen molar-refractivity contribution in [3.63, 3.8) is 0 Å². The van der Waals surface area contributed by atoms with E-state index in [0.717, 1.165) is 12.1 Å². The molecule has 0 saturated carbocycles. The van der Waals surface area contributed by atoms with Crippen LogP contribution < -0.4 is 10.6 Å². The highest BCUT2D eigenvalue weighted by Gasteiger charge is 2.29. The number of aromatic nitrogens is 2. The van der Waals surface area contributed by atoms with Gasteiger partial charge in [-0.1, -0.05) is 6.07 Å². The maximum Gasteiger partial charge on any atom is 0.416 e. The first-order valence-electron chi connectivity index (χ1n) is 7.93. The molecule has 9 heteroatoms. The lowest BCUT2D eigenvalue weighted by Gasteiger charge is -2.09. The number of nitrogens with zero attached hydrogens (tertiary/aromatic N) is 3. The monoisotopic (exact) mass is 383 g/mol. The molecule has 0 radical (unpaired) electrons. The quantitative estimate of drug-likeness (QED) is 0.698. The van der Waals surface area contributed by atoms with E-state index in [4.69, 9.17) is 5.26 Å². The van der Waals surface area contributed by atoms with Gasteiger partial charge in [-0.15, -0.1) is 0 Å². The van der Waals surface area contributed by atoms with Gasteiger partial charge < -0.3 is 10.6 Å². The van der Waals surface area contributed by atoms with Crippen LogP contribution in [-0.2, 0) is 6.18 Å².